The van der Waals surface area contributed by atoms with E-state index in [2.05, 4.69) is 25.3 Å². The van der Waals surface area contributed by atoms with Crippen LogP contribution in [0.1, 0.15) is 40.8 Å². The van der Waals surface area contributed by atoms with Gasteiger partial charge in [-0.2, -0.15) is 4.98 Å². The van der Waals surface area contributed by atoms with Crippen LogP contribution in [0.2, 0.25) is 0 Å². The number of aromatic nitrogens is 6. The third-order valence-corrected chi connectivity index (χ3v) is 3.98. The van der Waals surface area contributed by atoms with Crippen LogP contribution in [0.25, 0.3) is 17.2 Å². The Hall–Kier alpha value is -3.62. The van der Waals surface area contributed by atoms with E-state index in [0.717, 1.165) is 16.8 Å². The molecule has 0 aliphatic carbocycles. The molecule has 0 aliphatic rings. The molecule has 0 saturated carbocycles. The average Bonchev–Trinajstić information content (AvgIpc) is 3.30. The molecule has 4 aromatic rings. The molecule has 1 atom stereocenters. The Kier molecular flexibility index (Phi) is 4.11. The predicted octanol–water partition coefficient (Wildman–Crippen LogP) is 2.71. The fraction of sp³-hybridized carbons (Fsp3) is 0.222. The number of benzene rings is 1. The summed E-state index contributed by atoms with van der Waals surface area (Å²) in [4.78, 5) is 20.5. The fourth-order valence-corrected chi connectivity index (χ4v) is 2.47. The first-order valence-corrected chi connectivity index (χ1v) is 8.31. The lowest BCUT2D eigenvalue weighted by molar-refractivity contribution is 0.0266. The van der Waals surface area contributed by atoms with Crippen molar-refractivity contribution >= 4 is 11.7 Å². The maximum absolute atomic E-state index is 12.3. The molecule has 27 heavy (non-hydrogen) atoms. The van der Waals surface area contributed by atoms with E-state index in [4.69, 9.17) is 9.15 Å². The molecular formula is C18H16N6O3. The highest BCUT2D eigenvalue weighted by atomic mass is 16.6. The highest BCUT2D eigenvalue weighted by molar-refractivity contribution is 5.85. The third kappa shape index (κ3) is 3.26. The van der Waals surface area contributed by atoms with Gasteiger partial charge >= 0.3 is 5.97 Å². The number of rotatable bonds is 4. The second-order valence-corrected chi connectivity index (χ2v) is 6.09. The standard InChI is InChI=1S/C18H16N6O3/c1-10-4-6-13(7-5-10)16-22-21-15(27-16)12(3)26-17(25)14-20-18-19-9-8-11(2)24(18)23-14/h4-9,12H,1-3H3. The number of nitrogens with zero attached hydrogens (tertiary/aromatic N) is 6. The van der Waals surface area contributed by atoms with Crippen LogP contribution in [0, 0.1) is 13.8 Å². The van der Waals surface area contributed by atoms with Crippen LogP contribution < -0.4 is 0 Å². The van der Waals surface area contributed by atoms with Crippen LogP contribution in [0.5, 0.6) is 0 Å². The highest BCUT2D eigenvalue weighted by Gasteiger charge is 2.23. The highest BCUT2D eigenvalue weighted by Crippen LogP contribution is 2.23. The molecule has 9 heteroatoms. The molecule has 0 radical (unpaired) electrons. The summed E-state index contributed by atoms with van der Waals surface area (Å²) in [5.41, 5.74) is 2.73. The van der Waals surface area contributed by atoms with E-state index in [0.29, 0.717) is 11.7 Å². The third-order valence-electron chi connectivity index (χ3n) is 3.98. The Balaban J connectivity index is 1.51. The van der Waals surface area contributed by atoms with Crippen molar-refractivity contribution in [3.05, 3.63) is 59.5 Å². The lowest BCUT2D eigenvalue weighted by atomic mass is 10.1. The summed E-state index contributed by atoms with van der Waals surface area (Å²) in [6.07, 6.45) is 0.854. The van der Waals surface area contributed by atoms with Gasteiger partial charge in [0, 0.05) is 17.5 Å². The molecule has 0 spiro atoms. The molecule has 1 aromatic carbocycles. The number of esters is 1. The van der Waals surface area contributed by atoms with Gasteiger partial charge in [-0.05, 0) is 39.0 Å². The van der Waals surface area contributed by atoms with E-state index in [9.17, 15) is 4.79 Å². The Bertz CT molecular complexity index is 1120. The van der Waals surface area contributed by atoms with Gasteiger partial charge in [-0.1, -0.05) is 17.7 Å². The molecule has 136 valence electrons. The molecule has 0 aliphatic heterocycles. The number of hydrogen-bond acceptors (Lipinski definition) is 8. The van der Waals surface area contributed by atoms with Gasteiger partial charge in [-0.25, -0.2) is 14.3 Å². The number of carbonyl (C=O) groups excluding carboxylic acids is 1. The zero-order chi connectivity index (χ0) is 19.0. The maximum atomic E-state index is 12.3. The van der Waals surface area contributed by atoms with Crippen molar-refractivity contribution in [2.75, 3.05) is 0 Å². The van der Waals surface area contributed by atoms with Crippen LogP contribution in [0.15, 0.2) is 40.9 Å². The molecule has 4 rings (SSSR count). The van der Waals surface area contributed by atoms with Gasteiger partial charge in [0.05, 0.1) is 0 Å². The summed E-state index contributed by atoms with van der Waals surface area (Å²) in [6, 6.07) is 9.45. The van der Waals surface area contributed by atoms with Crippen molar-refractivity contribution in [2.24, 2.45) is 0 Å². The van der Waals surface area contributed by atoms with Crippen LogP contribution >= 0.6 is 0 Å². The molecule has 3 aromatic heterocycles. The van der Waals surface area contributed by atoms with Gasteiger partial charge in [0.15, 0.2) is 6.10 Å². The zero-order valence-corrected chi connectivity index (χ0v) is 14.9. The molecular weight excluding hydrogens is 348 g/mol. The van der Waals surface area contributed by atoms with E-state index in [-0.39, 0.29) is 11.7 Å². The summed E-state index contributed by atoms with van der Waals surface area (Å²) in [7, 11) is 0. The summed E-state index contributed by atoms with van der Waals surface area (Å²) < 4.78 is 12.5. The van der Waals surface area contributed by atoms with Gasteiger partial charge in [-0.3, -0.25) is 0 Å². The molecule has 3 heterocycles. The maximum Gasteiger partial charge on any atom is 0.379 e. The van der Waals surface area contributed by atoms with Crippen molar-refractivity contribution in [1.29, 1.82) is 0 Å². The van der Waals surface area contributed by atoms with Crippen molar-refractivity contribution in [3.63, 3.8) is 0 Å². The number of fused-ring (bicyclic) bond motifs is 1. The normalized spacial score (nSPS) is 12.3. The second kappa shape index (κ2) is 6.60. The first kappa shape index (κ1) is 16.8. The molecule has 1 unspecified atom stereocenters. The largest absolute Gasteiger partial charge is 0.447 e. The second-order valence-electron chi connectivity index (χ2n) is 6.09. The summed E-state index contributed by atoms with van der Waals surface area (Å²) >= 11 is 0. The molecule has 0 saturated heterocycles. The van der Waals surface area contributed by atoms with E-state index < -0.39 is 12.1 Å². The number of ether oxygens (including phenoxy) is 1. The molecule has 0 amide bonds. The first-order chi connectivity index (χ1) is 13.0. The molecule has 9 nitrogen and oxygen atoms in total. The van der Waals surface area contributed by atoms with Crippen LogP contribution in [0.4, 0.5) is 0 Å². The zero-order valence-electron chi connectivity index (χ0n) is 14.9. The molecule has 0 fully saturated rings. The average molecular weight is 364 g/mol. The van der Waals surface area contributed by atoms with Crippen molar-refractivity contribution in [1.82, 2.24) is 29.8 Å². The summed E-state index contributed by atoms with van der Waals surface area (Å²) in [6.45, 7) is 5.48. The van der Waals surface area contributed by atoms with Gasteiger partial charge in [0.1, 0.15) is 0 Å². The summed E-state index contributed by atoms with van der Waals surface area (Å²) in [5, 5.41) is 12.1. The van der Waals surface area contributed by atoms with E-state index in [1.807, 2.05) is 38.1 Å². The monoisotopic (exact) mass is 364 g/mol. The van der Waals surface area contributed by atoms with Crippen LogP contribution in [-0.4, -0.2) is 35.7 Å². The Morgan fingerprint density at radius 1 is 1.15 bits per heavy atom. The number of hydrogen-bond donors (Lipinski definition) is 0. The van der Waals surface area contributed by atoms with Crippen molar-refractivity contribution in [2.45, 2.75) is 26.9 Å². The van der Waals surface area contributed by atoms with Gasteiger partial charge in [0.25, 0.3) is 17.5 Å². The summed E-state index contributed by atoms with van der Waals surface area (Å²) in [5.74, 6) is 0.106. The van der Waals surface area contributed by atoms with Crippen molar-refractivity contribution in [3.8, 4) is 11.5 Å². The minimum Gasteiger partial charge on any atom is -0.447 e. The topological polar surface area (TPSA) is 108 Å². The Labute approximate surface area is 154 Å². The lowest BCUT2D eigenvalue weighted by Gasteiger charge is -2.06. The van der Waals surface area contributed by atoms with E-state index >= 15 is 0 Å². The minimum absolute atomic E-state index is 0.0816. The van der Waals surface area contributed by atoms with Gasteiger partial charge in [0.2, 0.25) is 5.89 Å². The molecule has 0 bridgehead atoms. The number of carbonyl (C=O) groups is 1. The Morgan fingerprint density at radius 3 is 2.67 bits per heavy atom. The van der Waals surface area contributed by atoms with Gasteiger partial charge in [-0.15, -0.1) is 15.3 Å². The number of aryl methyl sites for hydroxylation is 2. The predicted molar refractivity (Wildman–Crippen MR) is 93.8 cm³/mol. The van der Waals surface area contributed by atoms with Crippen molar-refractivity contribution < 1.29 is 13.9 Å². The molecule has 0 N–H and O–H groups in total. The fourth-order valence-electron chi connectivity index (χ4n) is 2.47. The SMILES string of the molecule is Cc1ccc(-c2nnc(C(C)OC(=O)c3nc4nccc(C)n4n3)o2)cc1. The minimum atomic E-state index is -0.745. The quantitative estimate of drug-likeness (QED) is 0.509. The van der Waals surface area contributed by atoms with Crippen LogP contribution in [-0.2, 0) is 4.74 Å². The lowest BCUT2D eigenvalue weighted by Crippen LogP contribution is -2.11. The van der Waals surface area contributed by atoms with E-state index in [1.54, 1.807) is 19.2 Å². The Morgan fingerprint density at radius 2 is 1.93 bits per heavy atom. The first-order valence-electron chi connectivity index (χ1n) is 8.31. The van der Waals surface area contributed by atoms with Gasteiger partial charge < -0.3 is 9.15 Å². The van der Waals surface area contributed by atoms with Crippen LogP contribution in [0.3, 0.4) is 0 Å². The van der Waals surface area contributed by atoms with E-state index in [1.165, 1.54) is 4.52 Å². The smallest absolute Gasteiger partial charge is 0.379 e.